The highest BCUT2D eigenvalue weighted by Gasteiger charge is 2.30. The molecular weight excluding hydrogens is 366 g/mol. The number of fused-ring (bicyclic) bond motifs is 3. The highest BCUT2D eigenvalue weighted by molar-refractivity contribution is 9.10. The Kier molecular flexibility index (Phi) is 3.53. The first kappa shape index (κ1) is 15.1. The third-order valence-electron chi connectivity index (χ3n) is 4.43. The molecule has 24 heavy (non-hydrogen) atoms. The van der Waals surface area contributed by atoms with Gasteiger partial charge in [-0.2, -0.15) is 0 Å². The normalized spacial score (nSPS) is 16.9. The van der Waals surface area contributed by atoms with Crippen molar-refractivity contribution in [2.45, 2.75) is 19.9 Å². The highest BCUT2D eigenvalue weighted by atomic mass is 79.9. The number of para-hydroxylation sites is 2. The van der Waals surface area contributed by atoms with Gasteiger partial charge in [-0.3, -0.25) is 9.36 Å². The van der Waals surface area contributed by atoms with E-state index in [0.717, 1.165) is 38.3 Å². The molecule has 1 atom stereocenters. The van der Waals surface area contributed by atoms with Gasteiger partial charge < -0.3 is 5.32 Å². The van der Waals surface area contributed by atoms with E-state index in [0.29, 0.717) is 0 Å². The summed E-state index contributed by atoms with van der Waals surface area (Å²) in [6.07, 6.45) is 0. The molecule has 4 nitrogen and oxygen atoms in total. The number of benzene rings is 2. The van der Waals surface area contributed by atoms with Crippen LogP contribution in [0.25, 0.3) is 16.7 Å². The average Bonchev–Trinajstić information content (AvgIpc) is 2.93. The lowest BCUT2D eigenvalue weighted by atomic mass is 9.93. The maximum Gasteiger partial charge on any atom is 0.209 e. The second-order valence-electron chi connectivity index (χ2n) is 5.94. The second kappa shape index (κ2) is 5.60. The quantitative estimate of drug-likeness (QED) is 0.694. The molecule has 1 unspecified atom stereocenters. The van der Waals surface area contributed by atoms with Crippen LogP contribution in [0.4, 0.5) is 5.95 Å². The molecule has 1 aliphatic rings. The van der Waals surface area contributed by atoms with Gasteiger partial charge in [-0.1, -0.05) is 40.2 Å². The van der Waals surface area contributed by atoms with E-state index in [4.69, 9.17) is 0 Å². The maximum atomic E-state index is 12.4. The van der Waals surface area contributed by atoms with E-state index in [1.165, 1.54) is 0 Å². The molecule has 5 heteroatoms. The Labute approximate surface area is 148 Å². The largest absolute Gasteiger partial charge is 0.344 e. The van der Waals surface area contributed by atoms with Gasteiger partial charge in [0.25, 0.3) is 0 Å². The predicted molar refractivity (Wildman–Crippen MR) is 99.8 cm³/mol. The number of anilines is 1. The molecule has 1 aromatic heterocycles. The first-order valence-corrected chi connectivity index (χ1v) is 8.57. The van der Waals surface area contributed by atoms with Crippen LogP contribution in [0.1, 0.15) is 25.5 Å². The lowest BCUT2D eigenvalue weighted by molar-refractivity contribution is -0.113. The van der Waals surface area contributed by atoms with Crippen LogP contribution in [-0.2, 0) is 4.79 Å². The minimum atomic E-state index is -0.195. The molecule has 0 fully saturated rings. The number of halogens is 1. The molecule has 0 saturated heterocycles. The molecule has 4 rings (SSSR count). The van der Waals surface area contributed by atoms with Crippen molar-refractivity contribution in [2.75, 3.05) is 5.32 Å². The highest BCUT2D eigenvalue weighted by Crippen LogP contribution is 2.38. The Morgan fingerprint density at radius 3 is 2.58 bits per heavy atom. The summed E-state index contributed by atoms with van der Waals surface area (Å²) in [5.41, 5.74) is 4.66. The summed E-state index contributed by atoms with van der Waals surface area (Å²) in [7, 11) is 0. The Bertz CT molecular complexity index is 986. The monoisotopic (exact) mass is 381 g/mol. The summed E-state index contributed by atoms with van der Waals surface area (Å²) in [5, 5.41) is 3.44. The van der Waals surface area contributed by atoms with Crippen LogP contribution in [0.15, 0.2) is 58.6 Å². The van der Waals surface area contributed by atoms with Crippen LogP contribution < -0.4 is 5.32 Å². The van der Waals surface area contributed by atoms with Crippen molar-refractivity contribution in [3.05, 3.63) is 64.1 Å². The van der Waals surface area contributed by atoms with E-state index < -0.39 is 0 Å². The Morgan fingerprint density at radius 2 is 1.88 bits per heavy atom. The lowest BCUT2D eigenvalue weighted by Crippen LogP contribution is -2.26. The zero-order chi connectivity index (χ0) is 16.8. The van der Waals surface area contributed by atoms with Crippen molar-refractivity contribution in [1.29, 1.82) is 0 Å². The van der Waals surface area contributed by atoms with E-state index >= 15 is 0 Å². The van der Waals surface area contributed by atoms with Crippen LogP contribution >= 0.6 is 15.9 Å². The lowest BCUT2D eigenvalue weighted by Gasteiger charge is -2.29. The average molecular weight is 382 g/mol. The van der Waals surface area contributed by atoms with Crippen molar-refractivity contribution >= 4 is 44.4 Å². The molecule has 3 aromatic rings. The number of imidazole rings is 1. The molecular formula is C19H16BrN3O. The van der Waals surface area contributed by atoms with Crippen molar-refractivity contribution in [3.63, 3.8) is 0 Å². The van der Waals surface area contributed by atoms with Gasteiger partial charge in [-0.05, 0) is 43.7 Å². The predicted octanol–water partition coefficient (Wildman–Crippen LogP) is 4.79. The molecule has 0 amide bonds. The van der Waals surface area contributed by atoms with Gasteiger partial charge in [-0.15, -0.1) is 0 Å². The van der Waals surface area contributed by atoms with E-state index in [1.807, 2.05) is 60.0 Å². The summed E-state index contributed by atoms with van der Waals surface area (Å²) in [6.45, 7) is 3.61. The molecule has 0 spiro atoms. The van der Waals surface area contributed by atoms with Crippen molar-refractivity contribution < 1.29 is 4.79 Å². The number of rotatable bonds is 2. The Hall–Kier alpha value is -2.40. The fourth-order valence-electron chi connectivity index (χ4n) is 3.36. The minimum absolute atomic E-state index is 0.0661. The summed E-state index contributed by atoms with van der Waals surface area (Å²) >= 11 is 3.46. The number of hydrogen-bond acceptors (Lipinski definition) is 3. The smallest absolute Gasteiger partial charge is 0.209 e. The maximum absolute atomic E-state index is 12.4. The van der Waals surface area contributed by atoms with Crippen LogP contribution in [0.5, 0.6) is 0 Å². The number of ketones is 1. The van der Waals surface area contributed by atoms with Gasteiger partial charge in [0.1, 0.15) is 0 Å². The zero-order valence-electron chi connectivity index (χ0n) is 13.4. The summed E-state index contributed by atoms with van der Waals surface area (Å²) in [4.78, 5) is 17.1. The van der Waals surface area contributed by atoms with Crippen LogP contribution in [0.3, 0.4) is 0 Å². The SMILES string of the molecule is CC(=O)C1=C(C)n2c(nc3ccccc32)NC1c1ccc(Br)cc1. The molecule has 1 aliphatic heterocycles. The van der Waals surface area contributed by atoms with Crippen LogP contribution in [0.2, 0.25) is 0 Å². The van der Waals surface area contributed by atoms with Crippen molar-refractivity contribution in [3.8, 4) is 0 Å². The molecule has 120 valence electrons. The first-order chi connectivity index (χ1) is 11.6. The summed E-state index contributed by atoms with van der Waals surface area (Å²) in [6, 6.07) is 15.8. The Balaban J connectivity index is 1.95. The number of nitrogens with zero attached hydrogens (tertiary/aromatic N) is 2. The number of allylic oxidation sites excluding steroid dienone is 1. The standard InChI is InChI=1S/C19H16BrN3O/c1-11-17(12(2)24)18(13-7-9-14(20)10-8-13)22-19-21-15-5-3-4-6-16(15)23(11)19/h3-10,18H,1-2H3,(H,21,22). The van der Waals surface area contributed by atoms with E-state index in [-0.39, 0.29) is 11.8 Å². The zero-order valence-corrected chi connectivity index (χ0v) is 15.0. The third kappa shape index (κ3) is 2.27. The van der Waals surface area contributed by atoms with E-state index in [1.54, 1.807) is 6.92 Å². The molecule has 2 aromatic carbocycles. The Morgan fingerprint density at radius 1 is 1.17 bits per heavy atom. The minimum Gasteiger partial charge on any atom is -0.344 e. The number of Topliss-reactive ketones (excluding diaryl/α,β-unsaturated/α-hetero) is 1. The van der Waals surface area contributed by atoms with E-state index in [2.05, 4.69) is 26.2 Å². The molecule has 1 N–H and O–H groups in total. The third-order valence-corrected chi connectivity index (χ3v) is 4.96. The number of hydrogen-bond donors (Lipinski definition) is 1. The molecule has 2 heterocycles. The van der Waals surface area contributed by atoms with Crippen molar-refractivity contribution in [1.82, 2.24) is 9.55 Å². The van der Waals surface area contributed by atoms with Crippen LogP contribution in [-0.4, -0.2) is 15.3 Å². The van der Waals surface area contributed by atoms with Gasteiger partial charge in [0.2, 0.25) is 5.95 Å². The second-order valence-corrected chi connectivity index (χ2v) is 6.86. The number of nitrogens with one attached hydrogen (secondary N) is 1. The molecule has 0 saturated carbocycles. The van der Waals surface area contributed by atoms with Gasteiger partial charge in [-0.25, -0.2) is 4.98 Å². The molecule has 0 radical (unpaired) electrons. The van der Waals surface area contributed by atoms with E-state index in [9.17, 15) is 4.79 Å². The number of carbonyl (C=O) groups is 1. The van der Waals surface area contributed by atoms with Gasteiger partial charge >= 0.3 is 0 Å². The van der Waals surface area contributed by atoms with Gasteiger partial charge in [0.15, 0.2) is 5.78 Å². The molecule has 0 bridgehead atoms. The topological polar surface area (TPSA) is 46.9 Å². The number of carbonyl (C=O) groups excluding carboxylic acids is 1. The number of aromatic nitrogens is 2. The first-order valence-electron chi connectivity index (χ1n) is 7.78. The van der Waals surface area contributed by atoms with Gasteiger partial charge in [0, 0.05) is 15.7 Å². The summed E-state index contributed by atoms with van der Waals surface area (Å²) in [5.74, 6) is 0.836. The molecule has 0 aliphatic carbocycles. The summed E-state index contributed by atoms with van der Waals surface area (Å²) < 4.78 is 3.04. The fourth-order valence-corrected chi connectivity index (χ4v) is 3.62. The van der Waals surface area contributed by atoms with Crippen molar-refractivity contribution in [2.24, 2.45) is 0 Å². The van der Waals surface area contributed by atoms with Crippen LogP contribution in [0, 0.1) is 0 Å². The fraction of sp³-hybridized carbons (Fsp3) is 0.158. The van der Waals surface area contributed by atoms with Gasteiger partial charge in [0.05, 0.1) is 17.1 Å².